The van der Waals surface area contributed by atoms with Crippen molar-refractivity contribution in [1.29, 1.82) is 0 Å². The van der Waals surface area contributed by atoms with E-state index in [0.717, 1.165) is 12.2 Å². The highest BCUT2D eigenvalue weighted by Crippen LogP contribution is 2.28. The van der Waals surface area contributed by atoms with Crippen molar-refractivity contribution in [2.45, 2.75) is 37.4 Å². The van der Waals surface area contributed by atoms with E-state index in [4.69, 9.17) is 4.74 Å². The van der Waals surface area contributed by atoms with Crippen molar-refractivity contribution in [2.75, 3.05) is 13.7 Å². The first-order valence-electron chi connectivity index (χ1n) is 6.36. The van der Waals surface area contributed by atoms with Crippen LogP contribution in [0.2, 0.25) is 0 Å². The molecule has 1 unspecified atom stereocenters. The van der Waals surface area contributed by atoms with Gasteiger partial charge in [0.2, 0.25) is 0 Å². The first-order chi connectivity index (χ1) is 8.90. The van der Waals surface area contributed by atoms with Crippen LogP contribution in [-0.4, -0.2) is 24.5 Å². The van der Waals surface area contributed by atoms with E-state index in [9.17, 15) is 4.79 Å². The number of hydrogen-bond donors (Lipinski definition) is 0. The molecule has 4 heteroatoms. The summed E-state index contributed by atoms with van der Waals surface area (Å²) in [5.74, 6) is 0.424. The first-order valence-corrected chi connectivity index (χ1v) is 7.27. The maximum atomic E-state index is 11.2. The van der Waals surface area contributed by atoms with E-state index in [1.165, 1.54) is 12.7 Å². The highest BCUT2D eigenvalue weighted by molar-refractivity contribution is 9.10. The van der Waals surface area contributed by atoms with Gasteiger partial charge in [0, 0.05) is 0 Å². The fourth-order valence-corrected chi connectivity index (χ4v) is 1.89. The van der Waals surface area contributed by atoms with Crippen molar-refractivity contribution in [1.82, 2.24) is 0 Å². The van der Waals surface area contributed by atoms with E-state index in [1.54, 1.807) is 0 Å². The number of ether oxygens (including phenoxy) is 2. The molecule has 0 aliphatic heterocycles. The van der Waals surface area contributed by atoms with E-state index in [1.807, 2.05) is 12.1 Å². The molecule has 0 bridgehead atoms. The molecule has 0 fully saturated rings. The highest BCUT2D eigenvalue weighted by Gasteiger charge is 2.18. The third kappa shape index (κ3) is 4.53. The molecule has 0 spiro atoms. The van der Waals surface area contributed by atoms with Gasteiger partial charge in [-0.05, 0) is 29.5 Å². The summed E-state index contributed by atoms with van der Waals surface area (Å²) in [7, 11) is 1.36. The molecule has 0 aliphatic rings. The lowest BCUT2D eigenvalue weighted by atomic mass is 9.82. The van der Waals surface area contributed by atoms with Crippen LogP contribution in [0.1, 0.15) is 32.8 Å². The van der Waals surface area contributed by atoms with E-state index in [0.29, 0.717) is 0 Å². The van der Waals surface area contributed by atoms with Crippen molar-refractivity contribution >= 4 is 21.9 Å². The average molecular weight is 329 g/mol. The normalized spacial score (nSPS) is 12.9. The molecule has 0 aromatic heterocycles. The van der Waals surface area contributed by atoms with Gasteiger partial charge in [0.25, 0.3) is 0 Å². The number of methoxy groups -OCH3 is 1. The highest BCUT2D eigenvalue weighted by atomic mass is 79.9. The molecular weight excluding hydrogens is 308 g/mol. The number of alkyl halides is 1. The molecule has 106 valence electrons. The van der Waals surface area contributed by atoms with Crippen molar-refractivity contribution in [3.8, 4) is 5.75 Å². The Bertz CT molecular complexity index is 412. The van der Waals surface area contributed by atoms with Crippen molar-refractivity contribution in [3.05, 3.63) is 29.8 Å². The summed E-state index contributed by atoms with van der Waals surface area (Å²) in [6, 6.07) is 8.01. The average Bonchev–Trinajstić information content (AvgIpc) is 2.44. The van der Waals surface area contributed by atoms with Crippen LogP contribution in [-0.2, 0) is 14.9 Å². The minimum atomic E-state index is -0.441. The second kappa shape index (κ2) is 6.94. The lowest BCUT2D eigenvalue weighted by Crippen LogP contribution is -2.23. The lowest BCUT2D eigenvalue weighted by molar-refractivity contribution is -0.140. The minimum Gasteiger partial charge on any atom is -0.492 e. The number of benzene rings is 1. The largest absolute Gasteiger partial charge is 0.492 e. The molecule has 3 nitrogen and oxygen atoms in total. The van der Waals surface area contributed by atoms with Gasteiger partial charge in [-0.15, -0.1) is 0 Å². The molecule has 0 saturated carbocycles. The summed E-state index contributed by atoms with van der Waals surface area (Å²) in [6.07, 6.45) is 1.08. The molecule has 0 saturated heterocycles. The number of carbonyl (C=O) groups is 1. The molecule has 0 aliphatic carbocycles. The van der Waals surface area contributed by atoms with E-state index >= 15 is 0 Å². The van der Waals surface area contributed by atoms with Crippen LogP contribution in [0.4, 0.5) is 0 Å². The Morgan fingerprint density at radius 2 is 1.89 bits per heavy atom. The van der Waals surface area contributed by atoms with Crippen molar-refractivity contribution < 1.29 is 14.3 Å². The number of hydrogen-bond acceptors (Lipinski definition) is 3. The second-order valence-electron chi connectivity index (χ2n) is 5.06. The zero-order chi connectivity index (χ0) is 14.5. The van der Waals surface area contributed by atoms with Gasteiger partial charge < -0.3 is 9.47 Å². The Morgan fingerprint density at radius 1 is 1.32 bits per heavy atom. The fourth-order valence-electron chi connectivity index (χ4n) is 1.57. The van der Waals surface area contributed by atoms with Gasteiger partial charge in [-0.2, -0.15) is 0 Å². The third-order valence-corrected chi connectivity index (χ3v) is 4.01. The Hall–Kier alpha value is -1.03. The van der Waals surface area contributed by atoms with Gasteiger partial charge in [0.15, 0.2) is 0 Å². The van der Waals surface area contributed by atoms with Gasteiger partial charge in [0.05, 0.1) is 7.11 Å². The third-order valence-electron chi connectivity index (χ3n) is 3.37. The predicted octanol–water partition coefficient (Wildman–Crippen LogP) is 3.69. The molecule has 1 aromatic rings. The van der Waals surface area contributed by atoms with E-state index < -0.39 is 4.83 Å². The predicted molar refractivity (Wildman–Crippen MR) is 80.0 cm³/mol. The van der Waals surface area contributed by atoms with Crippen LogP contribution in [0, 0.1) is 0 Å². The van der Waals surface area contributed by atoms with Crippen LogP contribution >= 0.6 is 15.9 Å². The number of halogens is 1. The molecule has 0 N–H and O–H groups in total. The smallest absolute Gasteiger partial charge is 0.322 e. The Labute approximate surface area is 123 Å². The first kappa shape index (κ1) is 16.0. The summed E-state index contributed by atoms with van der Waals surface area (Å²) in [4.78, 5) is 10.8. The molecule has 0 amide bonds. The standard InChI is InChI=1S/C15H21BrO3/c1-5-15(2,3)11-6-8-12(9-7-11)19-10-13(16)14(17)18-4/h6-9,13H,5,10H2,1-4H3. The van der Waals surface area contributed by atoms with Gasteiger partial charge in [0.1, 0.15) is 17.2 Å². The molecule has 0 radical (unpaired) electrons. The summed E-state index contributed by atoms with van der Waals surface area (Å²) in [5, 5.41) is 0. The number of carbonyl (C=O) groups excluding carboxylic acids is 1. The topological polar surface area (TPSA) is 35.5 Å². The maximum absolute atomic E-state index is 11.2. The summed E-state index contributed by atoms with van der Waals surface area (Å²) >= 11 is 3.22. The van der Waals surface area contributed by atoms with Gasteiger partial charge >= 0.3 is 5.97 Å². The summed E-state index contributed by atoms with van der Waals surface area (Å²) < 4.78 is 10.2. The van der Waals surface area contributed by atoms with Crippen LogP contribution in [0.15, 0.2) is 24.3 Å². The van der Waals surface area contributed by atoms with Crippen molar-refractivity contribution in [3.63, 3.8) is 0 Å². The number of rotatable bonds is 6. The molecule has 1 atom stereocenters. The lowest BCUT2D eigenvalue weighted by Gasteiger charge is -2.23. The van der Waals surface area contributed by atoms with Crippen LogP contribution in [0.25, 0.3) is 0 Å². The van der Waals surface area contributed by atoms with Crippen LogP contribution in [0.3, 0.4) is 0 Å². The summed E-state index contributed by atoms with van der Waals surface area (Å²) in [6.45, 7) is 6.86. The Balaban J connectivity index is 2.60. The van der Waals surface area contributed by atoms with Gasteiger partial charge in [-0.25, -0.2) is 0 Å². The zero-order valence-electron chi connectivity index (χ0n) is 11.9. The molecular formula is C15H21BrO3. The van der Waals surface area contributed by atoms with Crippen molar-refractivity contribution in [2.24, 2.45) is 0 Å². The summed E-state index contributed by atoms with van der Waals surface area (Å²) in [5.41, 5.74) is 1.45. The monoisotopic (exact) mass is 328 g/mol. The van der Waals surface area contributed by atoms with E-state index in [2.05, 4.69) is 53.6 Å². The molecule has 0 heterocycles. The molecule has 1 aromatic carbocycles. The van der Waals surface area contributed by atoms with Crippen LogP contribution < -0.4 is 4.74 Å². The van der Waals surface area contributed by atoms with Crippen LogP contribution in [0.5, 0.6) is 5.75 Å². The SMILES string of the molecule is CCC(C)(C)c1ccc(OCC(Br)C(=O)OC)cc1. The van der Waals surface area contributed by atoms with Gasteiger partial charge in [-0.1, -0.05) is 48.8 Å². The quantitative estimate of drug-likeness (QED) is 0.590. The van der Waals surface area contributed by atoms with Gasteiger partial charge in [-0.3, -0.25) is 4.79 Å². The zero-order valence-corrected chi connectivity index (χ0v) is 13.5. The fraction of sp³-hybridized carbons (Fsp3) is 0.533. The van der Waals surface area contributed by atoms with E-state index in [-0.39, 0.29) is 18.0 Å². The molecule has 1 rings (SSSR count). The minimum absolute atomic E-state index is 0.169. The number of esters is 1. The second-order valence-corrected chi connectivity index (χ2v) is 6.17. The maximum Gasteiger partial charge on any atom is 0.322 e. The molecule has 19 heavy (non-hydrogen) atoms. The Kier molecular flexibility index (Phi) is 5.85. The Morgan fingerprint density at radius 3 is 2.37 bits per heavy atom.